The number of hydrogen-bond acceptors (Lipinski definition) is 2. The van der Waals surface area contributed by atoms with Gasteiger partial charge in [-0.2, -0.15) is 0 Å². The lowest BCUT2D eigenvalue weighted by Crippen LogP contribution is -1.87. The van der Waals surface area contributed by atoms with Crippen molar-refractivity contribution in [2.45, 2.75) is 20.3 Å². The van der Waals surface area contributed by atoms with E-state index in [1.807, 2.05) is 0 Å². The van der Waals surface area contributed by atoms with E-state index >= 15 is 0 Å². The Kier molecular flexibility index (Phi) is 2.55. The Morgan fingerprint density at radius 3 is 2.80 bits per heavy atom. The molecule has 0 aromatic heterocycles. The van der Waals surface area contributed by atoms with Crippen molar-refractivity contribution in [2.75, 3.05) is 5.75 Å². The zero-order chi connectivity index (χ0) is 7.56. The maximum atomic E-state index is 10.7. The van der Waals surface area contributed by atoms with Gasteiger partial charge in [0.1, 0.15) is 0 Å². The van der Waals surface area contributed by atoms with Gasteiger partial charge in [0, 0.05) is 0 Å². The minimum atomic E-state index is 0.278. The lowest BCUT2D eigenvalue weighted by molar-refractivity contribution is -0.112. The molecule has 0 bridgehead atoms. The number of carbonyl (C=O) groups is 1. The molecule has 0 unspecified atom stereocenters. The molecule has 10 heavy (non-hydrogen) atoms. The van der Waals surface area contributed by atoms with Crippen molar-refractivity contribution in [1.82, 2.24) is 0 Å². The van der Waals surface area contributed by atoms with Crippen LogP contribution in [0.1, 0.15) is 20.3 Å². The van der Waals surface area contributed by atoms with E-state index in [4.69, 9.17) is 0 Å². The molecule has 0 spiro atoms. The molecule has 0 aromatic carbocycles. The van der Waals surface area contributed by atoms with Gasteiger partial charge in [-0.3, -0.25) is 4.79 Å². The molecule has 1 nitrogen and oxygen atoms in total. The highest BCUT2D eigenvalue weighted by molar-refractivity contribution is 8.04. The molecule has 0 aromatic rings. The predicted octanol–water partition coefficient (Wildman–Crippen LogP) is 2.23. The monoisotopic (exact) mass is 156 g/mol. The van der Waals surface area contributed by atoms with Crippen LogP contribution in [0.5, 0.6) is 0 Å². The number of ketones is 1. The van der Waals surface area contributed by atoms with Crippen molar-refractivity contribution in [3.8, 4) is 0 Å². The number of carbonyl (C=O) groups excluding carboxylic acids is 1. The van der Waals surface area contributed by atoms with Gasteiger partial charge in [-0.1, -0.05) is 13.8 Å². The highest BCUT2D eigenvalue weighted by atomic mass is 32.2. The molecule has 0 radical (unpaired) electrons. The van der Waals surface area contributed by atoms with Crippen LogP contribution in [0.15, 0.2) is 11.0 Å². The first-order valence-corrected chi connectivity index (χ1v) is 4.53. The molecule has 0 atom stereocenters. The maximum Gasteiger partial charge on any atom is 0.166 e. The second-order valence-electron chi connectivity index (χ2n) is 2.96. The highest BCUT2D eigenvalue weighted by Crippen LogP contribution is 2.28. The Bertz CT molecular complexity index is 170. The third-order valence-corrected chi connectivity index (χ3v) is 2.42. The largest absolute Gasteiger partial charge is 0.294 e. The quantitative estimate of drug-likeness (QED) is 0.610. The average Bonchev–Trinajstić information content (AvgIpc) is 2.13. The van der Waals surface area contributed by atoms with E-state index in [0.717, 1.165) is 6.42 Å². The summed E-state index contributed by atoms with van der Waals surface area (Å²) in [6, 6.07) is 0. The van der Waals surface area contributed by atoms with Crippen LogP contribution >= 0.6 is 11.8 Å². The third-order valence-electron chi connectivity index (χ3n) is 1.33. The molecular formula is C8H12OS. The Morgan fingerprint density at radius 1 is 1.70 bits per heavy atom. The van der Waals surface area contributed by atoms with Crippen LogP contribution in [0, 0.1) is 5.92 Å². The maximum absolute atomic E-state index is 10.7. The second kappa shape index (κ2) is 3.24. The van der Waals surface area contributed by atoms with E-state index < -0.39 is 0 Å². The van der Waals surface area contributed by atoms with Gasteiger partial charge in [0.2, 0.25) is 0 Å². The zero-order valence-electron chi connectivity index (χ0n) is 6.39. The van der Waals surface area contributed by atoms with Gasteiger partial charge in [0.25, 0.3) is 0 Å². The van der Waals surface area contributed by atoms with Gasteiger partial charge < -0.3 is 0 Å². The first-order valence-electron chi connectivity index (χ1n) is 3.54. The minimum Gasteiger partial charge on any atom is -0.294 e. The highest BCUT2D eigenvalue weighted by Gasteiger charge is 2.12. The van der Waals surface area contributed by atoms with Crippen LogP contribution in [0.3, 0.4) is 0 Å². The minimum absolute atomic E-state index is 0.278. The molecule has 0 aliphatic carbocycles. The molecule has 0 fully saturated rings. The fourth-order valence-corrected chi connectivity index (χ4v) is 2.02. The number of rotatable bonds is 2. The molecule has 56 valence electrons. The summed E-state index contributed by atoms with van der Waals surface area (Å²) in [4.78, 5) is 12.0. The topological polar surface area (TPSA) is 17.1 Å². The van der Waals surface area contributed by atoms with E-state index in [0.29, 0.717) is 11.7 Å². The van der Waals surface area contributed by atoms with E-state index in [1.165, 1.54) is 4.91 Å². The lowest BCUT2D eigenvalue weighted by atomic mass is 10.1. The first-order chi connectivity index (χ1) is 4.68. The van der Waals surface area contributed by atoms with Crippen molar-refractivity contribution >= 4 is 17.5 Å². The summed E-state index contributed by atoms with van der Waals surface area (Å²) >= 11 is 1.69. The van der Waals surface area contributed by atoms with Crippen molar-refractivity contribution in [1.29, 1.82) is 0 Å². The summed E-state index contributed by atoms with van der Waals surface area (Å²) in [5, 5.41) is 0. The molecule has 0 saturated heterocycles. The zero-order valence-corrected chi connectivity index (χ0v) is 7.20. The van der Waals surface area contributed by atoms with Crippen molar-refractivity contribution in [3.63, 3.8) is 0 Å². The number of thioether (sulfide) groups is 1. The van der Waals surface area contributed by atoms with Crippen LogP contribution in [-0.2, 0) is 4.79 Å². The summed E-state index contributed by atoms with van der Waals surface area (Å²) < 4.78 is 0. The van der Waals surface area contributed by atoms with E-state index in [9.17, 15) is 4.79 Å². The molecule has 2 heteroatoms. The number of hydrogen-bond donors (Lipinski definition) is 0. The summed E-state index contributed by atoms with van der Waals surface area (Å²) in [5.41, 5.74) is 0. The average molecular weight is 156 g/mol. The molecule has 1 aliphatic rings. The van der Waals surface area contributed by atoms with Crippen molar-refractivity contribution in [2.24, 2.45) is 5.92 Å². The molecule has 0 N–H and O–H groups in total. The third kappa shape index (κ3) is 2.18. The molecule has 0 amide bonds. The Morgan fingerprint density at radius 2 is 2.40 bits per heavy atom. The summed E-state index contributed by atoms with van der Waals surface area (Å²) in [6.07, 6.45) is 2.85. The summed E-state index contributed by atoms with van der Waals surface area (Å²) in [5.74, 6) is 1.62. The molecule has 1 rings (SSSR count). The fourth-order valence-electron chi connectivity index (χ4n) is 0.947. The first kappa shape index (κ1) is 7.86. The Labute approximate surface area is 65.9 Å². The molecule has 1 aliphatic heterocycles. The van der Waals surface area contributed by atoms with Crippen LogP contribution in [0.4, 0.5) is 0 Å². The second-order valence-corrected chi connectivity index (χ2v) is 4.07. The summed E-state index contributed by atoms with van der Waals surface area (Å²) in [7, 11) is 0. The summed E-state index contributed by atoms with van der Waals surface area (Å²) in [6.45, 7) is 4.34. The predicted molar refractivity (Wildman–Crippen MR) is 45.0 cm³/mol. The van der Waals surface area contributed by atoms with Gasteiger partial charge in [0.05, 0.1) is 5.75 Å². The smallest absolute Gasteiger partial charge is 0.166 e. The van der Waals surface area contributed by atoms with E-state index in [-0.39, 0.29) is 5.78 Å². The van der Waals surface area contributed by atoms with Gasteiger partial charge in [-0.15, -0.1) is 11.8 Å². The van der Waals surface area contributed by atoms with Crippen LogP contribution < -0.4 is 0 Å². The van der Waals surface area contributed by atoms with Crippen molar-refractivity contribution < 1.29 is 4.79 Å². The Hall–Kier alpha value is -0.240. The lowest BCUT2D eigenvalue weighted by Gasteiger charge is -2.02. The van der Waals surface area contributed by atoms with E-state index in [1.54, 1.807) is 17.8 Å². The van der Waals surface area contributed by atoms with Crippen LogP contribution in [-0.4, -0.2) is 11.5 Å². The van der Waals surface area contributed by atoms with E-state index in [2.05, 4.69) is 13.8 Å². The fraction of sp³-hybridized carbons (Fsp3) is 0.625. The van der Waals surface area contributed by atoms with Crippen LogP contribution in [0.25, 0.3) is 0 Å². The Balaban J connectivity index is 2.43. The SMILES string of the molecule is CC(C)CC1=CC(=O)CS1. The standard InChI is InChI=1S/C8H12OS/c1-6(2)3-8-4-7(9)5-10-8/h4,6H,3,5H2,1-2H3. The van der Waals surface area contributed by atoms with Gasteiger partial charge >= 0.3 is 0 Å². The molecule has 0 saturated carbocycles. The van der Waals surface area contributed by atoms with Crippen LogP contribution in [0.2, 0.25) is 0 Å². The van der Waals surface area contributed by atoms with Gasteiger partial charge in [-0.25, -0.2) is 0 Å². The molecule has 1 heterocycles. The van der Waals surface area contributed by atoms with Gasteiger partial charge in [-0.05, 0) is 23.3 Å². The normalized spacial score (nSPS) is 18.3. The van der Waals surface area contributed by atoms with Gasteiger partial charge in [0.15, 0.2) is 5.78 Å². The number of allylic oxidation sites excluding steroid dienone is 2. The van der Waals surface area contributed by atoms with Crippen molar-refractivity contribution in [3.05, 3.63) is 11.0 Å². The molecular weight excluding hydrogens is 144 g/mol.